The van der Waals surface area contributed by atoms with Crippen molar-refractivity contribution < 1.29 is 13.9 Å². The second kappa shape index (κ2) is 9.30. The summed E-state index contributed by atoms with van der Waals surface area (Å²) >= 11 is 0. The van der Waals surface area contributed by atoms with Crippen molar-refractivity contribution in [2.75, 3.05) is 11.1 Å². The van der Waals surface area contributed by atoms with E-state index in [9.17, 15) is 14.3 Å². The molecule has 0 saturated carbocycles. The SMILES string of the molecule is N=C(c1cc(O)cc(F)c1)c1c(N)ncnc1NCc1oc2ccccc2c(=O)c1-c1ccccc1. The number of anilines is 2. The van der Waals surface area contributed by atoms with Gasteiger partial charge in [-0.1, -0.05) is 42.5 Å². The molecule has 0 aliphatic carbocycles. The maximum absolute atomic E-state index is 13.9. The normalized spacial score (nSPS) is 10.9. The maximum Gasteiger partial charge on any atom is 0.200 e. The number of benzene rings is 3. The number of nitrogens with zero attached hydrogens (tertiary/aromatic N) is 2. The van der Waals surface area contributed by atoms with Gasteiger partial charge in [-0.15, -0.1) is 0 Å². The van der Waals surface area contributed by atoms with Crippen molar-refractivity contribution in [3.05, 3.63) is 112 Å². The molecule has 0 unspecified atom stereocenters. The molecule has 0 spiro atoms. The summed E-state index contributed by atoms with van der Waals surface area (Å²) in [6.07, 6.45) is 1.23. The van der Waals surface area contributed by atoms with E-state index in [1.807, 2.05) is 30.3 Å². The number of phenolic OH excluding ortho intramolecular Hbond substituents is 1. The molecule has 36 heavy (non-hydrogen) atoms. The Bertz CT molecular complexity index is 1650. The van der Waals surface area contributed by atoms with Gasteiger partial charge in [-0.25, -0.2) is 14.4 Å². The van der Waals surface area contributed by atoms with Gasteiger partial charge in [0, 0.05) is 11.6 Å². The number of para-hydroxylation sites is 1. The van der Waals surface area contributed by atoms with Crippen molar-refractivity contribution in [3.8, 4) is 16.9 Å². The Morgan fingerprint density at radius 3 is 2.58 bits per heavy atom. The molecule has 0 radical (unpaired) electrons. The third kappa shape index (κ3) is 4.25. The lowest BCUT2D eigenvalue weighted by molar-refractivity contribution is 0.469. The molecule has 0 atom stereocenters. The summed E-state index contributed by atoms with van der Waals surface area (Å²) < 4.78 is 20.0. The zero-order chi connectivity index (χ0) is 25.2. The van der Waals surface area contributed by atoms with Gasteiger partial charge >= 0.3 is 0 Å². The van der Waals surface area contributed by atoms with Gasteiger partial charge in [-0.3, -0.25) is 10.2 Å². The number of aromatic nitrogens is 2. The summed E-state index contributed by atoms with van der Waals surface area (Å²) in [5.74, 6) is -0.492. The molecule has 5 rings (SSSR count). The van der Waals surface area contributed by atoms with Crippen LogP contribution in [0.3, 0.4) is 0 Å². The van der Waals surface area contributed by atoms with Gasteiger partial charge in [0.1, 0.15) is 40.9 Å². The Morgan fingerprint density at radius 1 is 1.06 bits per heavy atom. The van der Waals surface area contributed by atoms with Gasteiger partial charge in [-0.2, -0.15) is 0 Å². The topological polar surface area (TPSA) is 138 Å². The fourth-order valence-corrected chi connectivity index (χ4v) is 4.02. The molecule has 0 aliphatic rings. The number of halogens is 1. The van der Waals surface area contributed by atoms with Gasteiger partial charge in [0.15, 0.2) is 0 Å². The number of aromatic hydroxyl groups is 1. The fraction of sp³-hybridized carbons (Fsp3) is 0.0370. The summed E-state index contributed by atoms with van der Waals surface area (Å²) in [4.78, 5) is 21.6. The highest BCUT2D eigenvalue weighted by molar-refractivity contribution is 6.16. The van der Waals surface area contributed by atoms with Gasteiger partial charge in [-0.05, 0) is 29.8 Å². The summed E-state index contributed by atoms with van der Waals surface area (Å²) in [6.45, 7) is 0.0371. The zero-order valence-electron chi connectivity index (χ0n) is 18.8. The van der Waals surface area contributed by atoms with Crippen molar-refractivity contribution in [2.45, 2.75) is 6.54 Å². The predicted octanol–water partition coefficient (Wildman–Crippen LogP) is 4.71. The fourth-order valence-electron chi connectivity index (χ4n) is 4.02. The number of nitrogen functional groups attached to an aromatic ring is 1. The molecule has 0 aliphatic heterocycles. The Balaban J connectivity index is 1.58. The first-order chi connectivity index (χ1) is 17.4. The lowest BCUT2D eigenvalue weighted by atomic mass is 10.0. The predicted molar refractivity (Wildman–Crippen MR) is 136 cm³/mol. The highest BCUT2D eigenvalue weighted by atomic mass is 19.1. The molecular formula is C27H20FN5O3. The van der Waals surface area contributed by atoms with Crippen molar-refractivity contribution >= 4 is 28.3 Å². The van der Waals surface area contributed by atoms with E-state index in [2.05, 4.69) is 15.3 Å². The Labute approximate surface area is 204 Å². The van der Waals surface area contributed by atoms with Crippen LogP contribution in [0.2, 0.25) is 0 Å². The third-order valence-corrected chi connectivity index (χ3v) is 5.65. The van der Waals surface area contributed by atoms with E-state index in [1.54, 1.807) is 24.3 Å². The van der Waals surface area contributed by atoms with Crippen LogP contribution in [-0.4, -0.2) is 20.8 Å². The molecule has 0 amide bonds. The average Bonchev–Trinajstić information content (AvgIpc) is 2.87. The monoisotopic (exact) mass is 481 g/mol. The molecule has 0 saturated heterocycles. The minimum Gasteiger partial charge on any atom is -0.508 e. The number of rotatable bonds is 6. The minimum atomic E-state index is -0.704. The Hall–Kier alpha value is -5.05. The maximum atomic E-state index is 13.9. The summed E-state index contributed by atoms with van der Waals surface area (Å²) in [7, 11) is 0. The van der Waals surface area contributed by atoms with Crippen LogP contribution >= 0.6 is 0 Å². The van der Waals surface area contributed by atoms with Crippen LogP contribution in [-0.2, 0) is 6.54 Å². The molecule has 0 fully saturated rings. The van der Waals surface area contributed by atoms with E-state index in [0.29, 0.717) is 27.9 Å². The first kappa shape index (κ1) is 22.7. The Morgan fingerprint density at radius 2 is 1.81 bits per heavy atom. The van der Waals surface area contributed by atoms with E-state index in [1.165, 1.54) is 12.4 Å². The number of nitrogens with one attached hydrogen (secondary N) is 2. The standard InChI is InChI=1S/C27H20FN5O3/c28-17-10-16(11-18(34)12-17)24(29)23-26(30)32-14-33-27(23)31-13-21-22(15-6-2-1-3-7-15)25(35)19-8-4-5-9-20(19)36-21/h1-12,14,29,34H,13H2,(H3,30,31,32,33). The third-order valence-electron chi connectivity index (χ3n) is 5.65. The summed E-state index contributed by atoms with van der Waals surface area (Å²) in [5, 5.41) is 21.9. The number of phenols is 1. The van der Waals surface area contributed by atoms with Crippen LogP contribution in [0.5, 0.6) is 5.75 Å². The molecule has 5 N–H and O–H groups in total. The van der Waals surface area contributed by atoms with Crippen LogP contribution in [0.1, 0.15) is 16.9 Å². The van der Waals surface area contributed by atoms with Gasteiger partial charge in [0.05, 0.1) is 28.8 Å². The molecule has 5 aromatic rings. The molecular weight excluding hydrogens is 461 g/mol. The second-order valence-corrected chi connectivity index (χ2v) is 8.00. The largest absolute Gasteiger partial charge is 0.508 e. The first-order valence-corrected chi connectivity index (χ1v) is 11.0. The van der Waals surface area contributed by atoms with Crippen LogP contribution in [0.25, 0.3) is 22.1 Å². The molecule has 0 bridgehead atoms. The lowest BCUT2D eigenvalue weighted by Crippen LogP contribution is -2.16. The molecule has 178 valence electrons. The van der Waals surface area contributed by atoms with Crippen LogP contribution in [0.4, 0.5) is 16.0 Å². The quantitative estimate of drug-likeness (QED) is 0.258. The smallest absolute Gasteiger partial charge is 0.200 e. The Kier molecular flexibility index (Phi) is 5.87. The highest BCUT2D eigenvalue weighted by Crippen LogP contribution is 2.28. The van der Waals surface area contributed by atoms with Crippen LogP contribution in [0, 0.1) is 11.2 Å². The van der Waals surface area contributed by atoms with E-state index in [4.69, 9.17) is 15.6 Å². The molecule has 3 aromatic carbocycles. The van der Waals surface area contributed by atoms with Crippen LogP contribution < -0.4 is 16.5 Å². The van der Waals surface area contributed by atoms with E-state index in [-0.39, 0.29) is 46.2 Å². The molecule has 8 nitrogen and oxygen atoms in total. The number of nitrogens with two attached hydrogens (primary N) is 1. The van der Waals surface area contributed by atoms with Gasteiger partial charge in [0.2, 0.25) is 5.43 Å². The average molecular weight is 481 g/mol. The lowest BCUT2D eigenvalue weighted by Gasteiger charge is -2.15. The highest BCUT2D eigenvalue weighted by Gasteiger charge is 2.20. The number of hydrogen-bond acceptors (Lipinski definition) is 8. The molecule has 9 heteroatoms. The second-order valence-electron chi connectivity index (χ2n) is 8.00. The van der Waals surface area contributed by atoms with Crippen molar-refractivity contribution in [3.63, 3.8) is 0 Å². The zero-order valence-corrected chi connectivity index (χ0v) is 18.8. The first-order valence-electron chi connectivity index (χ1n) is 11.0. The van der Waals surface area contributed by atoms with Crippen molar-refractivity contribution in [1.82, 2.24) is 9.97 Å². The van der Waals surface area contributed by atoms with Crippen molar-refractivity contribution in [2.24, 2.45) is 0 Å². The summed E-state index contributed by atoms with van der Waals surface area (Å²) in [6, 6.07) is 19.4. The van der Waals surface area contributed by atoms with Crippen molar-refractivity contribution in [1.29, 1.82) is 5.41 Å². The minimum absolute atomic E-state index is 0.00972. The number of hydrogen-bond donors (Lipinski definition) is 4. The number of fused-ring (bicyclic) bond motifs is 1. The van der Waals surface area contributed by atoms with E-state index in [0.717, 1.165) is 12.1 Å². The summed E-state index contributed by atoms with van der Waals surface area (Å²) in [5.41, 5.74) is 7.44. The molecule has 2 aromatic heterocycles. The van der Waals surface area contributed by atoms with Gasteiger partial charge < -0.3 is 20.6 Å². The van der Waals surface area contributed by atoms with Gasteiger partial charge in [0.25, 0.3) is 0 Å². The van der Waals surface area contributed by atoms with E-state index >= 15 is 0 Å². The molecule has 2 heterocycles. The van der Waals surface area contributed by atoms with Crippen LogP contribution in [0.15, 0.2) is 88.3 Å². The van der Waals surface area contributed by atoms with E-state index < -0.39 is 5.82 Å².